The number of aryl methyl sites for hydroxylation is 2. The standard InChI is InChI=1S/C23H25N3O5/c1-5-6-11-26-22(29)17-10-8-7-9-16(17)21(25-26)23(30)31-12-18(28)20-13(2)19(15(4)27)14(3)24-20/h7-10,24H,5-6,11-12H2,1-4H3. The van der Waals surface area contributed by atoms with Crippen molar-refractivity contribution in [2.75, 3.05) is 6.61 Å². The van der Waals surface area contributed by atoms with E-state index in [0.29, 0.717) is 34.1 Å². The number of H-pyrrole nitrogens is 1. The van der Waals surface area contributed by atoms with Gasteiger partial charge in [0.25, 0.3) is 5.56 Å². The zero-order chi connectivity index (χ0) is 22.7. The summed E-state index contributed by atoms with van der Waals surface area (Å²) in [7, 11) is 0. The fraction of sp³-hybridized carbons (Fsp3) is 0.348. The van der Waals surface area contributed by atoms with Crippen molar-refractivity contribution >= 4 is 28.3 Å². The summed E-state index contributed by atoms with van der Waals surface area (Å²) in [5, 5.41) is 4.96. The number of benzene rings is 1. The average molecular weight is 423 g/mol. The second-order valence-electron chi connectivity index (χ2n) is 7.46. The van der Waals surface area contributed by atoms with E-state index in [1.54, 1.807) is 38.1 Å². The van der Waals surface area contributed by atoms with Crippen LogP contribution in [-0.4, -0.2) is 38.9 Å². The number of esters is 1. The zero-order valence-corrected chi connectivity index (χ0v) is 18.1. The molecule has 1 aromatic carbocycles. The van der Waals surface area contributed by atoms with Crippen LogP contribution in [-0.2, 0) is 11.3 Å². The Morgan fingerprint density at radius 2 is 1.81 bits per heavy atom. The number of Topliss-reactive ketones (excluding diaryl/α,β-unsaturated/α-hetero) is 2. The topological polar surface area (TPSA) is 111 Å². The van der Waals surface area contributed by atoms with Gasteiger partial charge in [-0.1, -0.05) is 31.5 Å². The van der Waals surface area contributed by atoms with E-state index in [1.165, 1.54) is 11.6 Å². The molecular formula is C23H25N3O5. The van der Waals surface area contributed by atoms with Crippen LogP contribution < -0.4 is 5.56 Å². The summed E-state index contributed by atoms with van der Waals surface area (Å²) in [5.41, 5.74) is 1.54. The maximum absolute atomic E-state index is 12.8. The third-order valence-electron chi connectivity index (χ3n) is 5.19. The van der Waals surface area contributed by atoms with Crippen molar-refractivity contribution in [2.24, 2.45) is 0 Å². The number of carbonyl (C=O) groups is 3. The van der Waals surface area contributed by atoms with E-state index in [2.05, 4.69) is 10.1 Å². The molecule has 2 heterocycles. The Labute approximate surface area is 179 Å². The second kappa shape index (κ2) is 9.07. The van der Waals surface area contributed by atoms with Crippen LogP contribution in [0.5, 0.6) is 0 Å². The molecule has 0 spiro atoms. The fourth-order valence-electron chi connectivity index (χ4n) is 3.67. The van der Waals surface area contributed by atoms with Crippen LogP contribution in [0, 0.1) is 13.8 Å². The molecule has 0 aliphatic carbocycles. The van der Waals surface area contributed by atoms with Crippen LogP contribution in [0.3, 0.4) is 0 Å². The first kappa shape index (κ1) is 22.1. The molecule has 0 bridgehead atoms. The van der Waals surface area contributed by atoms with E-state index in [4.69, 9.17) is 4.74 Å². The van der Waals surface area contributed by atoms with Crippen LogP contribution >= 0.6 is 0 Å². The number of fused-ring (bicyclic) bond motifs is 1. The van der Waals surface area contributed by atoms with E-state index in [-0.39, 0.29) is 22.7 Å². The summed E-state index contributed by atoms with van der Waals surface area (Å²) < 4.78 is 6.51. The van der Waals surface area contributed by atoms with Gasteiger partial charge in [-0.2, -0.15) is 5.10 Å². The van der Waals surface area contributed by atoms with Gasteiger partial charge in [-0.3, -0.25) is 14.4 Å². The minimum atomic E-state index is -0.789. The Morgan fingerprint density at radius 1 is 1.13 bits per heavy atom. The summed E-state index contributed by atoms with van der Waals surface area (Å²) in [4.78, 5) is 52.7. The number of hydrogen-bond donors (Lipinski definition) is 1. The highest BCUT2D eigenvalue weighted by molar-refractivity contribution is 6.06. The van der Waals surface area contributed by atoms with Crippen molar-refractivity contribution in [2.45, 2.75) is 47.1 Å². The highest BCUT2D eigenvalue weighted by Gasteiger charge is 2.23. The molecule has 2 aromatic heterocycles. The summed E-state index contributed by atoms with van der Waals surface area (Å²) >= 11 is 0. The fourth-order valence-corrected chi connectivity index (χ4v) is 3.67. The molecule has 31 heavy (non-hydrogen) atoms. The van der Waals surface area contributed by atoms with Gasteiger partial charge in [0.1, 0.15) is 0 Å². The van der Waals surface area contributed by atoms with E-state index < -0.39 is 18.4 Å². The molecule has 0 atom stereocenters. The maximum atomic E-state index is 12.8. The predicted octanol–water partition coefficient (Wildman–Crippen LogP) is 3.38. The lowest BCUT2D eigenvalue weighted by Gasteiger charge is -2.10. The van der Waals surface area contributed by atoms with Crippen molar-refractivity contribution in [3.05, 3.63) is 62.8 Å². The maximum Gasteiger partial charge on any atom is 0.359 e. The largest absolute Gasteiger partial charge is 0.452 e. The molecule has 0 aliphatic rings. The zero-order valence-electron chi connectivity index (χ0n) is 18.1. The van der Waals surface area contributed by atoms with Gasteiger partial charge in [0.2, 0.25) is 5.78 Å². The molecular weight excluding hydrogens is 398 g/mol. The predicted molar refractivity (Wildman–Crippen MR) is 116 cm³/mol. The smallest absolute Gasteiger partial charge is 0.359 e. The van der Waals surface area contributed by atoms with Crippen LogP contribution in [0.15, 0.2) is 29.1 Å². The number of nitrogens with one attached hydrogen (secondary N) is 1. The molecule has 3 aromatic rings. The van der Waals surface area contributed by atoms with Crippen LogP contribution in [0.4, 0.5) is 0 Å². The van der Waals surface area contributed by atoms with E-state index in [0.717, 1.165) is 12.8 Å². The summed E-state index contributed by atoms with van der Waals surface area (Å²) in [6, 6.07) is 6.69. The molecule has 8 heteroatoms. The Balaban J connectivity index is 1.88. The molecule has 0 fully saturated rings. The van der Waals surface area contributed by atoms with Gasteiger partial charge in [-0.25, -0.2) is 9.48 Å². The summed E-state index contributed by atoms with van der Waals surface area (Å²) in [6.07, 6.45) is 1.61. The van der Waals surface area contributed by atoms with Crippen molar-refractivity contribution in [3.8, 4) is 0 Å². The SMILES string of the molecule is CCCCn1nc(C(=O)OCC(=O)c2[nH]c(C)c(C(C)=O)c2C)c2ccccc2c1=O. The molecule has 1 N–H and O–H groups in total. The van der Waals surface area contributed by atoms with Gasteiger partial charge in [-0.15, -0.1) is 0 Å². The molecule has 0 radical (unpaired) electrons. The number of carbonyl (C=O) groups excluding carboxylic acids is 3. The highest BCUT2D eigenvalue weighted by Crippen LogP contribution is 2.19. The number of nitrogens with zero attached hydrogens (tertiary/aromatic N) is 2. The Bertz CT molecular complexity index is 1240. The van der Waals surface area contributed by atoms with Gasteiger partial charge in [0.05, 0.1) is 11.1 Å². The van der Waals surface area contributed by atoms with Gasteiger partial charge in [0.15, 0.2) is 18.1 Å². The molecule has 3 rings (SSSR count). The van der Waals surface area contributed by atoms with Crippen molar-refractivity contribution in [1.82, 2.24) is 14.8 Å². The summed E-state index contributed by atoms with van der Waals surface area (Å²) in [5.74, 6) is -1.39. The van der Waals surface area contributed by atoms with Crippen molar-refractivity contribution < 1.29 is 19.1 Å². The normalized spacial score (nSPS) is 11.0. The van der Waals surface area contributed by atoms with Gasteiger partial charge in [0, 0.05) is 23.2 Å². The third kappa shape index (κ3) is 4.33. The minimum absolute atomic E-state index is 0.0112. The number of unbranched alkanes of at least 4 members (excludes halogenated alkanes) is 1. The molecule has 0 saturated carbocycles. The molecule has 0 amide bonds. The first-order chi connectivity index (χ1) is 14.8. The lowest BCUT2D eigenvalue weighted by Crippen LogP contribution is -2.27. The quantitative estimate of drug-likeness (QED) is 0.439. The Kier molecular flexibility index (Phi) is 6.48. The lowest BCUT2D eigenvalue weighted by atomic mass is 10.1. The average Bonchev–Trinajstić information content (AvgIpc) is 3.05. The van der Waals surface area contributed by atoms with Crippen LogP contribution in [0.1, 0.15) is 69.3 Å². The van der Waals surface area contributed by atoms with E-state index in [9.17, 15) is 19.2 Å². The molecule has 8 nitrogen and oxygen atoms in total. The van der Waals surface area contributed by atoms with Crippen LogP contribution in [0.25, 0.3) is 10.8 Å². The first-order valence-electron chi connectivity index (χ1n) is 10.2. The summed E-state index contributed by atoms with van der Waals surface area (Å²) in [6.45, 7) is 6.68. The van der Waals surface area contributed by atoms with Crippen LogP contribution in [0.2, 0.25) is 0 Å². The number of aromatic nitrogens is 3. The third-order valence-corrected chi connectivity index (χ3v) is 5.19. The van der Waals surface area contributed by atoms with Gasteiger partial charge >= 0.3 is 5.97 Å². The Hall–Kier alpha value is -3.55. The molecule has 162 valence electrons. The Morgan fingerprint density at radius 3 is 2.42 bits per heavy atom. The molecule has 0 saturated heterocycles. The number of ketones is 2. The van der Waals surface area contributed by atoms with Crippen molar-refractivity contribution in [3.63, 3.8) is 0 Å². The number of rotatable bonds is 8. The first-order valence-corrected chi connectivity index (χ1v) is 10.2. The minimum Gasteiger partial charge on any atom is -0.452 e. The molecule has 0 aliphatic heterocycles. The number of hydrogen-bond acceptors (Lipinski definition) is 6. The number of ether oxygens (including phenoxy) is 1. The number of aromatic amines is 1. The van der Waals surface area contributed by atoms with Gasteiger partial charge in [-0.05, 0) is 38.8 Å². The molecule has 0 unspecified atom stereocenters. The van der Waals surface area contributed by atoms with Crippen molar-refractivity contribution in [1.29, 1.82) is 0 Å². The highest BCUT2D eigenvalue weighted by atomic mass is 16.5. The monoisotopic (exact) mass is 423 g/mol. The lowest BCUT2D eigenvalue weighted by molar-refractivity contribution is 0.0467. The second-order valence-corrected chi connectivity index (χ2v) is 7.46. The van der Waals surface area contributed by atoms with E-state index in [1.807, 2.05) is 6.92 Å². The van der Waals surface area contributed by atoms with Gasteiger partial charge < -0.3 is 9.72 Å². The van der Waals surface area contributed by atoms with E-state index >= 15 is 0 Å².